The number of rotatable bonds is 6. The van der Waals surface area contributed by atoms with E-state index in [4.69, 9.17) is 10.00 Å². The van der Waals surface area contributed by atoms with Gasteiger partial charge in [-0.3, -0.25) is 10.1 Å². The highest BCUT2D eigenvalue weighted by Crippen LogP contribution is 2.21. The standard InChI is InChI=1S/C18H15N3O4/c19-12-15-8-9-16(17(11-15)21(23)24)7-4-10-20-18(22)25-13-14-5-2-1-3-6-14/h1-9,11H,10,13H2,(H,20,22). The van der Waals surface area contributed by atoms with Gasteiger partial charge in [0.05, 0.1) is 22.1 Å². The van der Waals surface area contributed by atoms with Crippen molar-refractivity contribution in [3.63, 3.8) is 0 Å². The number of hydrogen-bond acceptors (Lipinski definition) is 5. The minimum Gasteiger partial charge on any atom is -0.445 e. The second-order valence-electron chi connectivity index (χ2n) is 4.99. The minimum absolute atomic E-state index is 0.158. The van der Waals surface area contributed by atoms with Gasteiger partial charge in [0.1, 0.15) is 6.61 Å². The SMILES string of the molecule is N#Cc1ccc(C=CCNC(=O)OCc2ccccc2)c([N+](=O)[O-])c1. The van der Waals surface area contributed by atoms with Crippen LogP contribution in [0.25, 0.3) is 6.08 Å². The van der Waals surface area contributed by atoms with Gasteiger partial charge < -0.3 is 10.1 Å². The molecule has 2 aromatic carbocycles. The fraction of sp³-hybridized carbons (Fsp3) is 0.111. The largest absolute Gasteiger partial charge is 0.445 e. The maximum absolute atomic E-state index is 11.6. The Morgan fingerprint density at radius 1 is 1.28 bits per heavy atom. The van der Waals surface area contributed by atoms with E-state index in [1.54, 1.807) is 6.08 Å². The molecular weight excluding hydrogens is 322 g/mol. The summed E-state index contributed by atoms with van der Waals surface area (Å²) >= 11 is 0. The molecule has 0 spiro atoms. The van der Waals surface area contributed by atoms with E-state index in [9.17, 15) is 14.9 Å². The van der Waals surface area contributed by atoms with E-state index in [0.717, 1.165) is 5.56 Å². The van der Waals surface area contributed by atoms with Crippen molar-refractivity contribution in [3.05, 3.63) is 81.4 Å². The summed E-state index contributed by atoms with van der Waals surface area (Å²) in [6.07, 6.45) is 2.50. The number of alkyl carbamates (subject to hydrolysis) is 1. The Bertz CT molecular complexity index is 826. The maximum atomic E-state index is 11.6. The molecule has 25 heavy (non-hydrogen) atoms. The molecule has 0 aromatic heterocycles. The van der Waals surface area contributed by atoms with Gasteiger partial charge in [-0.15, -0.1) is 0 Å². The van der Waals surface area contributed by atoms with Crippen LogP contribution < -0.4 is 5.32 Å². The number of hydrogen-bond donors (Lipinski definition) is 1. The third-order valence-corrected chi connectivity index (χ3v) is 3.23. The zero-order valence-corrected chi connectivity index (χ0v) is 13.2. The molecule has 0 bridgehead atoms. The predicted molar refractivity (Wildman–Crippen MR) is 91.5 cm³/mol. The van der Waals surface area contributed by atoms with Crippen molar-refractivity contribution in [1.29, 1.82) is 5.26 Å². The van der Waals surface area contributed by atoms with Crippen molar-refractivity contribution >= 4 is 17.9 Å². The molecule has 7 nitrogen and oxygen atoms in total. The molecular formula is C18H15N3O4. The van der Waals surface area contributed by atoms with E-state index in [1.807, 2.05) is 36.4 Å². The van der Waals surface area contributed by atoms with Crippen molar-refractivity contribution in [2.75, 3.05) is 6.54 Å². The van der Waals surface area contributed by atoms with Gasteiger partial charge in [-0.2, -0.15) is 5.26 Å². The quantitative estimate of drug-likeness (QED) is 0.642. The highest BCUT2D eigenvalue weighted by Gasteiger charge is 2.12. The van der Waals surface area contributed by atoms with Crippen LogP contribution in [0.3, 0.4) is 0 Å². The van der Waals surface area contributed by atoms with Gasteiger partial charge >= 0.3 is 6.09 Å². The Labute approximate surface area is 144 Å². The highest BCUT2D eigenvalue weighted by molar-refractivity contribution is 5.68. The van der Waals surface area contributed by atoms with Crippen molar-refractivity contribution in [2.24, 2.45) is 0 Å². The van der Waals surface area contributed by atoms with Crippen LogP contribution in [0.1, 0.15) is 16.7 Å². The smallest absolute Gasteiger partial charge is 0.407 e. The molecule has 0 heterocycles. The van der Waals surface area contributed by atoms with Gasteiger partial charge in [0.15, 0.2) is 0 Å². The predicted octanol–water partition coefficient (Wildman–Crippen LogP) is 3.41. The molecule has 126 valence electrons. The average Bonchev–Trinajstić information content (AvgIpc) is 2.64. The van der Waals surface area contributed by atoms with Gasteiger partial charge in [0.2, 0.25) is 0 Å². The van der Waals surface area contributed by atoms with Crippen molar-refractivity contribution in [3.8, 4) is 6.07 Å². The molecule has 2 rings (SSSR count). The second kappa shape index (κ2) is 8.84. The summed E-state index contributed by atoms with van der Waals surface area (Å²) in [5, 5.41) is 22.3. The molecule has 0 aliphatic carbocycles. The second-order valence-corrected chi connectivity index (χ2v) is 4.99. The lowest BCUT2D eigenvalue weighted by Gasteiger charge is -2.05. The molecule has 0 atom stereocenters. The van der Waals surface area contributed by atoms with Crippen LogP contribution in [-0.2, 0) is 11.3 Å². The molecule has 0 aliphatic rings. The van der Waals surface area contributed by atoms with E-state index in [0.29, 0.717) is 5.56 Å². The van der Waals surface area contributed by atoms with Gasteiger partial charge in [0.25, 0.3) is 5.69 Å². The number of benzene rings is 2. The van der Waals surface area contributed by atoms with Crippen LogP contribution >= 0.6 is 0 Å². The normalized spacial score (nSPS) is 10.2. The van der Waals surface area contributed by atoms with Crippen LogP contribution in [0, 0.1) is 21.4 Å². The fourth-order valence-electron chi connectivity index (χ4n) is 2.01. The number of carbonyl (C=O) groups is 1. The topological polar surface area (TPSA) is 105 Å². The molecule has 7 heteroatoms. The lowest BCUT2D eigenvalue weighted by molar-refractivity contribution is -0.385. The third kappa shape index (κ3) is 5.48. The molecule has 0 radical (unpaired) electrons. The van der Waals surface area contributed by atoms with Gasteiger partial charge in [-0.25, -0.2) is 4.79 Å². The van der Waals surface area contributed by atoms with Crippen molar-refractivity contribution < 1.29 is 14.5 Å². The van der Waals surface area contributed by atoms with E-state index < -0.39 is 11.0 Å². The molecule has 2 aromatic rings. The van der Waals surface area contributed by atoms with Crippen LogP contribution in [0.4, 0.5) is 10.5 Å². The summed E-state index contributed by atoms with van der Waals surface area (Å²) < 4.78 is 5.04. The van der Waals surface area contributed by atoms with E-state index in [-0.39, 0.29) is 24.4 Å². The first-order valence-corrected chi connectivity index (χ1v) is 7.40. The lowest BCUT2D eigenvalue weighted by atomic mass is 10.1. The molecule has 0 fully saturated rings. The van der Waals surface area contributed by atoms with Crippen molar-refractivity contribution in [2.45, 2.75) is 6.61 Å². The molecule has 0 unspecified atom stereocenters. The van der Waals surface area contributed by atoms with Gasteiger partial charge in [-0.05, 0) is 17.7 Å². The first-order chi connectivity index (χ1) is 12.1. The molecule has 0 saturated carbocycles. The highest BCUT2D eigenvalue weighted by atomic mass is 16.6. The minimum atomic E-state index is -0.581. The zero-order chi connectivity index (χ0) is 18.1. The summed E-state index contributed by atoms with van der Waals surface area (Å²) in [5.74, 6) is 0. The molecule has 1 amide bonds. The van der Waals surface area contributed by atoms with Crippen molar-refractivity contribution in [1.82, 2.24) is 5.32 Å². The number of ether oxygens (including phenoxy) is 1. The van der Waals surface area contributed by atoms with Crippen LogP contribution in [0.5, 0.6) is 0 Å². The lowest BCUT2D eigenvalue weighted by Crippen LogP contribution is -2.24. The maximum Gasteiger partial charge on any atom is 0.407 e. The Morgan fingerprint density at radius 2 is 2.04 bits per heavy atom. The summed E-state index contributed by atoms with van der Waals surface area (Å²) in [6, 6.07) is 15.3. The Kier molecular flexibility index (Phi) is 6.25. The number of nitro groups is 1. The summed E-state index contributed by atoms with van der Waals surface area (Å²) in [6.45, 7) is 0.322. The Morgan fingerprint density at radius 3 is 2.72 bits per heavy atom. The van der Waals surface area contributed by atoms with Crippen LogP contribution in [-0.4, -0.2) is 17.6 Å². The van der Waals surface area contributed by atoms with Crippen LogP contribution in [0.2, 0.25) is 0 Å². The summed E-state index contributed by atoms with van der Waals surface area (Å²) in [4.78, 5) is 22.0. The van der Waals surface area contributed by atoms with E-state index >= 15 is 0 Å². The number of nitro benzene ring substituents is 1. The van der Waals surface area contributed by atoms with E-state index in [2.05, 4.69) is 5.32 Å². The number of nitrogens with zero attached hydrogens (tertiary/aromatic N) is 2. The first-order valence-electron chi connectivity index (χ1n) is 7.40. The number of nitriles is 1. The fourth-order valence-corrected chi connectivity index (χ4v) is 2.01. The van der Waals surface area contributed by atoms with Crippen LogP contribution in [0.15, 0.2) is 54.6 Å². The third-order valence-electron chi connectivity index (χ3n) is 3.23. The number of carbonyl (C=O) groups excluding carboxylic acids is 1. The molecule has 0 saturated heterocycles. The summed E-state index contributed by atoms with van der Waals surface area (Å²) in [7, 11) is 0. The number of amides is 1. The zero-order valence-electron chi connectivity index (χ0n) is 13.2. The summed E-state index contributed by atoms with van der Waals surface area (Å²) in [5.41, 5.74) is 1.28. The molecule has 1 N–H and O–H groups in total. The van der Waals surface area contributed by atoms with Gasteiger partial charge in [0, 0.05) is 12.6 Å². The molecule has 0 aliphatic heterocycles. The Hall–Kier alpha value is -3.66. The number of nitrogens with one attached hydrogen (secondary N) is 1. The monoisotopic (exact) mass is 337 g/mol. The van der Waals surface area contributed by atoms with E-state index in [1.165, 1.54) is 24.3 Å². The first kappa shape index (κ1) is 17.7. The average molecular weight is 337 g/mol. The Balaban J connectivity index is 1.86. The van der Waals surface area contributed by atoms with Gasteiger partial charge in [-0.1, -0.05) is 42.5 Å².